The Morgan fingerprint density at radius 2 is 1.77 bits per heavy atom. The second-order valence-corrected chi connectivity index (χ2v) is 17.0. The molecule has 330 valence electrons. The summed E-state index contributed by atoms with van der Waals surface area (Å²) in [6.45, 7) is 12.1. The zero-order chi connectivity index (χ0) is 44.5. The van der Waals surface area contributed by atoms with Gasteiger partial charge in [-0.15, -0.1) is 5.10 Å². The van der Waals surface area contributed by atoms with Crippen molar-refractivity contribution in [3.8, 4) is 23.4 Å². The molecule has 2 aromatic rings. The minimum Gasteiger partial charge on any atom is -0.455 e. The first-order valence-corrected chi connectivity index (χ1v) is 20.2. The van der Waals surface area contributed by atoms with Gasteiger partial charge in [0.15, 0.2) is 23.5 Å². The Balaban J connectivity index is 1.49. The summed E-state index contributed by atoms with van der Waals surface area (Å²) in [6, 6.07) is 0.0997. The zero-order valence-electron chi connectivity index (χ0n) is 36.2. The van der Waals surface area contributed by atoms with Crippen molar-refractivity contribution in [2.45, 2.75) is 141 Å². The predicted octanol–water partition coefficient (Wildman–Crippen LogP) is 2.62. The molecule has 60 heavy (non-hydrogen) atoms. The third kappa shape index (κ3) is 9.17. The normalized spacial score (nSPS) is 36.9. The number of carbonyl (C=O) groups is 4. The quantitative estimate of drug-likeness (QED) is 0.221. The van der Waals surface area contributed by atoms with Gasteiger partial charge in [-0.05, 0) is 67.1 Å². The van der Waals surface area contributed by atoms with E-state index in [2.05, 4.69) is 32.1 Å². The summed E-state index contributed by atoms with van der Waals surface area (Å²) < 4.78 is 48.7. The number of anilines is 1. The van der Waals surface area contributed by atoms with Crippen molar-refractivity contribution in [1.29, 1.82) is 0 Å². The lowest BCUT2D eigenvalue weighted by atomic mass is 9.73. The number of cyclic esters (lactones) is 1. The van der Waals surface area contributed by atoms with Crippen LogP contribution in [0.1, 0.15) is 74.7 Å². The number of ether oxygens (including phenoxy) is 5. The molecule has 0 aliphatic carbocycles. The highest BCUT2D eigenvalue weighted by atomic mass is 19.1. The smallest absolute Gasteiger partial charge is 0.411 e. The van der Waals surface area contributed by atoms with Crippen LogP contribution in [0.4, 0.5) is 15.0 Å². The van der Waals surface area contributed by atoms with Crippen molar-refractivity contribution >= 4 is 29.4 Å². The first-order chi connectivity index (χ1) is 28.1. The van der Waals surface area contributed by atoms with Gasteiger partial charge in [0.25, 0.3) is 5.67 Å². The molecule has 0 spiro atoms. The molecule has 3 unspecified atom stereocenters. The first-order valence-electron chi connectivity index (χ1n) is 20.2. The largest absolute Gasteiger partial charge is 0.455 e. The van der Waals surface area contributed by atoms with E-state index in [4.69, 9.17) is 29.4 Å². The highest BCUT2D eigenvalue weighted by molar-refractivity contribution is 6.08. The second-order valence-electron chi connectivity index (χ2n) is 17.0. The fourth-order valence-corrected chi connectivity index (χ4v) is 8.90. The number of alkyl halides is 1. The number of Topliss-reactive ketones (excluding diaryl/α,β-unsaturated/α-hetero) is 2. The maximum atomic E-state index is 16.9. The van der Waals surface area contributed by atoms with E-state index in [-0.39, 0.29) is 55.5 Å². The average Bonchev–Trinajstić information content (AvgIpc) is 3.78. The Hall–Kier alpha value is -4.61. The molecule has 2 aromatic heterocycles. The number of hydrogen-bond acceptors (Lipinski definition) is 16. The number of nitrogen functional groups attached to an aromatic ring is 1. The van der Waals surface area contributed by atoms with Crippen molar-refractivity contribution in [3.63, 3.8) is 0 Å². The van der Waals surface area contributed by atoms with Crippen LogP contribution in [0, 0.1) is 29.6 Å². The number of nitrogens with two attached hydrogens (primary N) is 1. The van der Waals surface area contributed by atoms with E-state index in [0.29, 0.717) is 12.1 Å². The molecule has 19 heteroatoms. The number of rotatable bonds is 8. The van der Waals surface area contributed by atoms with Crippen LogP contribution in [0.3, 0.4) is 0 Å². The molecular weight excluding hydrogens is 783 g/mol. The summed E-state index contributed by atoms with van der Waals surface area (Å²) in [5, 5.41) is 19.5. The molecule has 3 N–H and O–H groups in total. The van der Waals surface area contributed by atoms with Gasteiger partial charge in [0.1, 0.15) is 36.0 Å². The fourth-order valence-electron chi connectivity index (χ4n) is 8.90. The van der Waals surface area contributed by atoms with Crippen LogP contribution in [0.15, 0.2) is 18.5 Å². The van der Waals surface area contributed by atoms with Gasteiger partial charge in [0.2, 0.25) is 0 Å². The molecule has 0 bridgehead atoms. The molecule has 13 atom stereocenters. The van der Waals surface area contributed by atoms with Gasteiger partial charge in [-0.3, -0.25) is 14.5 Å². The number of esters is 1. The van der Waals surface area contributed by atoms with E-state index < -0.39 is 83.1 Å². The molecule has 5 heterocycles. The number of carbonyl (C=O) groups excluding carboxylic acids is 4. The molecule has 3 fully saturated rings. The van der Waals surface area contributed by atoms with Crippen LogP contribution >= 0.6 is 0 Å². The standard InChI is InChI=1S/C41H59FN8O10/c1-12-28-41(8)32(50(38(55)60-41)18-14-13-17-49-21-26(46-47-49)35-44-16-15-29(43)45-35)24(4)30(51)22(2)20-39(6,56-11)34(25(5)33(53)40(7,42)37(54)58-28)59-36-31(52)27(48(9)10)19-23(3)57-36/h15-16,21-25,27-28,31-32,34,36,52H,12,17-20H2,1-11H3,(H2,43,44,45)/t22-,23?,24+,25+,27?,28-,31?,32-,34-,36+,39-,40+,41-/m1/s1. The van der Waals surface area contributed by atoms with Crippen molar-refractivity contribution in [1.82, 2.24) is 34.8 Å². The third-order valence-corrected chi connectivity index (χ3v) is 12.2. The number of aliphatic hydroxyl groups excluding tert-OH is 1. The Labute approximate surface area is 350 Å². The summed E-state index contributed by atoms with van der Waals surface area (Å²) in [7, 11) is 5.00. The first kappa shape index (κ1) is 46.5. The van der Waals surface area contributed by atoms with Crippen molar-refractivity contribution < 1.29 is 52.4 Å². The molecule has 0 saturated carbocycles. The number of aromatic nitrogens is 5. The van der Waals surface area contributed by atoms with E-state index >= 15 is 4.39 Å². The number of hydrogen-bond donors (Lipinski definition) is 2. The SMILES string of the molecule is CC[C@H]1OC(=O)[C@@](C)(F)C(=O)[C@H](C)[C@@H](O[C@@H]2OC(C)CC(N(C)C)C2O)[C@](C)(OC)C[C@@H](C)C(=O)[C@H](C)[C@H]2N(CC#CCn3cc(-c4nccc(N)n4)nn3)C(=O)O[C@]12C. The molecule has 0 radical (unpaired) electrons. The fraction of sp³-hybridized carbons (Fsp3) is 0.707. The van der Waals surface area contributed by atoms with Gasteiger partial charge in [-0.25, -0.2) is 28.6 Å². The number of ketones is 2. The lowest BCUT2D eigenvalue weighted by Crippen LogP contribution is -2.61. The number of fused-ring (bicyclic) bond motifs is 1. The van der Waals surface area contributed by atoms with Gasteiger partial charge < -0.3 is 39.4 Å². The number of nitrogens with zero attached hydrogens (tertiary/aromatic N) is 7. The van der Waals surface area contributed by atoms with Crippen LogP contribution in [0.25, 0.3) is 11.5 Å². The van der Waals surface area contributed by atoms with E-state index in [1.54, 1.807) is 40.0 Å². The lowest BCUT2D eigenvalue weighted by Gasteiger charge is -2.47. The summed E-state index contributed by atoms with van der Waals surface area (Å²) in [6.07, 6.45) is -2.72. The second kappa shape index (κ2) is 18.2. The van der Waals surface area contributed by atoms with Crippen molar-refractivity contribution in [3.05, 3.63) is 18.5 Å². The monoisotopic (exact) mass is 842 g/mol. The minimum absolute atomic E-state index is 0.0306. The molecule has 18 nitrogen and oxygen atoms in total. The van der Waals surface area contributed by atoms with Crippen molar-refractivity contribution in [2.24, 2.45) is 17.8 Å². The van der Waals surface area contributed by atoms with E-state index in [0.717, 1.165) is 6.92 Å². The summed E-state index contributed by atoms with van der Waals surface area (Å²) in [5.74, 6) is 0.337. The molecule has 0 aromatic carbocycles. The number of likely N-dealkylation sites (N-methyl/N-ethyl adjacent to an activating group) is 1. The molecule has 1 amide bonds. The lowest BCUT2D eigenvalue weighted by molar-refractivity contribution is -0.295. The van der Waals surface area contributed by atoms with Gasteiger partial charge in [0.05, 0.1) is 36.6 Å². The average molecular weight is 843 g/mol. The molecule has 3 aliphatic rings. The Morgan fingerprint density at radius 3 is 2.40 bits per heavy atom. The highest BCUT2D eigenvalue weighted by Crippen LogP contribution is 2.43. The molecular formula is C41H59FN8O10. The van der Waals surface area contributed by atoms with Gasteiger partial charge in [0, 0.05) is 37.1 Å². The number of aliphatic hydroxyl groups is 1. The van der Waals surface area contributed by atoms with Gasteiger partial charge >= 0.3 is 12.1 Å². The maximum absolute atomic E-state index is 16.9. The number of methoxy groups -OCH3 is 1. The Kier molecular flexibility index (Phi) is 14.1. The predicted molar refractivity (Wildman–Crippen MR) is 213 cm³/mol. The summed E-state index contributed by atoms with van der Waals surface area (Å²) in [4.78, 5) is 68.0. The Bertz CT molecular complexity index is 1970. The van der Waals surface area contributed by atoms with Crippen LogP contribution in [-0.4, -0.2) is 151 Å². The Morgan fingerprint density at radius 1 is 1.08 bits per heavy atom. The van der Waals surface area contributed by atoms with Crippen LogP contribution < -0.4 is 5.73 Å². The summed E-state index contributed by atoms with van der Waals surface area (Å²) in [5.41, 5.74) is -0.251. The van der Waals surface area contributed by atoms with E-state index in [9.17, 15) is 24.3 Å². The van der Waals surface area contributed by atoms with Crippen LogP contribution in [-0.2, 0) is 44.6 Å². The maximum Gasteiger partial charge on any atom is 0.411 e. The molecule has 3 aliphatic heterocycles. The number of halogens is 1. The van der Waals surface area contributed by atoms with Gasteiger partial charge in [-0.2, -0.15) is 0 Å². The highest BCUT2D eigenvalue weighted by Gasteiger charge is 2.61. The van der Waals surface area contributed by atoms with Gasteiger partial charge in [-0.1, -0.05) is 44.7 Å². The zero-order valence-corrected chi connectivity index (χ0v) is 36.2. The minimum atomic E-state index is -3.22. The third-order valence-electron chi connectivity index (χ3n) is 12.2. The van der Waals surface area contributed by atoms with Crippen LogP contribution in [0.2, 0.25) is 0 Å². The summed E-state index contributed by atoms with van der Waals surface area (Å²) >= 11 is 0. The topological polar surface area (TPSA) is 224 Å². The number of amides is 1. The van der Waals surface area contributed by atoms with Crippen LogP contribution in [0.5, 0.6) is 0 Å². The molecule has 3 saturated heterocycles. The van der Waals surface area contributed by atoms with Crippen molar-refractivity contribution in [2.75, 3.05) is 33.5 Å². The molecule has 5 rings (SSSR count). The van der Waals surface area contributed by atoms with E-state index in [1.807, 2.05) is 25.9 Å². The van der Waals surface area contributed by atoms with E-state index in [1.165, 1.54) is 36.7 Å².